The fourth-order valence-electron chi connectivity index (χ4n) is 2.63. The SMILES string of the molecule is CCOC(=O)CSc1nc(SC)nc2sc3c(c12)CCCC3. The number of carbonyl (C=O) groups excluding carboxylic acids is 1. The number of esters is 1. The molecule has 1 aliphatic rings. The van der Waals surface area contributed by atoms with Gasteiger partial charge in [-0.2, -0.15) is 0 Å². The summed E-state index contributed by atoms with van der Waals surface area (Å²) in [7, 11) is 0. The van der Waals surface area contributed by atoms with Gasteiger partial charge in [0.05, 0.1) is 12.4 Å². The number of hydrogen-bond donors (Lipinski definition) is 0. The highest BCUT2D eigenvalue weighted by molar-refractivity contribution is 8.00. The first-order valence-corrected chi connectivity index (χ1v) is 10.4. The lowest BCUT2D eigenvalue weighted by Gasteiger charge is -2.11. The monoisotopic (exact) mass is 354 g/mol. The van der Waals surface area contributed by atoms with Gasteiger partial charge in [-0.1, -0.05) is 23.5 Å². The summed E-state index contributed by atoms with van der Waals surface area (Å²) in [5, 5.41) is 2.88. The first kappa shape index (κ1) is 16.1. The van der Waals surface area contributed by atoms with Gasteiger partial charge < -0.3 is 4.74 Å². The third kappa shape index (κ3) is 3.26. The van der Waals surface area contributed by atoms with Crippen LogP contribution in [0.15, 0.2) is 10.2 Å². The minimum atomic E-state index is -0.186. The maximum Gasteiger partial charge on any atom is 0.316 e. The van der Waals surface area contributed by atoms with Gasteiger partial charge in [-0.3, -0.25) is 4.79 Å². The van der Waals surface area contributed by atoms with E-state index in [9.17, 15) is 4.79 Å². The van der Waals surface area contributed by atoms with Crippen molar-refractivity contribution in [1.82, 2.24) is 9.97 Å². The van der Waals surface area contributed by atoms with Crippen LogP contribution in [0.25, 0.3) is 10.2 Å². The van der Waals surface area contributed by atoms with Crippen molar-refractivity contribution in [2.75, 3.05) is 18.6 Å². The van der Waals surface area contributed by atoms with Crippen LogP contribution in [0.3, 0.4) is 0 Å². The molecule has 3 rings (SSSR count). The van der Waals surface area contributed by atoms with E-state index < -0.39 is 0 Å². The van der Waals surface area contributed by atoms with Crippen LogP contribution in [0.2, 0.25) is 0 Å². The zero-order valence-corrected chi connectivity index (χ0v) is 15.1. The second-order valence-electron chi connectivity index (χ2n) is 5.00. The fourth-order valence-corrected chi connectivity index (χ4v) is 5.29. The zero-order valence-electron chi connectivity index (χ0n) is 12.7. The highest BCUT2D eigenvalue weighted by Crippen LogP contribution is 2.40. The maximum atomic E-state index is 11.6. The second kappa shape index (κ2) is 7.19. The molecule has 0 fully saturated rings. The third-order valence-electron chi connectivity index (χ3n) is 3.58. The number of carbonyl (C=O) groups is 1. The molecular weight excluding hydrogens is 336 g/mol. The Morgan fingerprint density at radius 1 is 1.32 bits per heavy atom. The van der Waals surface area contributed by atoms with E-state index in [1.165, 1.54) is 40.4 Å². The van der Waals surface area contributed by atoms with E-state index in [-0.39, 0.29) is 5.97 Å². The molecule has 0 amide bonds. The summed E-state index contributed by atoms with van der Waals surface area (Å²) in [5.41, 5.74) is 1.41. The number of thiophene rings is 1. The van der Waals surface area contributed by atoms with Crippen molar-refractivity contribution in [3.05, 3.63) is 10.4 Å². The Morgan fingerprint density at radius 3 is 2.91 bits per heavy atom. The molecule has 2 heterocycles. The van der Waals surface area contributed by atoms with Gasteiger partial charge in [0.25, 0.3) is 0 Å². The molecule has 22 heavy (non-hydrogen) atoms. The van der Waals surface area contributed by atoms with E-state index in [2.05, 4.69) is 9.97 Å². The second-order valence-corrected chi connectivity index (χ2v) is 7.82. The molecule has 0 spiro atoms. The summed E-state index contributed by atoms with van der Waals surface area (Å²) in [6, 6.07) is 0. The molecule has 0 unspecified atom stereocenters. The molecule has 0 bridgehead atoms. The van der Waals surface area contributed by atoms with Crippen LogP contribution < -0.4 is 0 Å². The lowest BCUT2D eigenvalue weighted by atomic mass is 9.97. The molecule has 118 valence electrons. The van der Waals surface area contributed by atoms with E-state index in [1.54, 1.807) is 23.1 Å². The number of hydrogen-bond acceptors (Lipinski definition) is 7. The van der Waals surface area contributed by atoms with Gasteiger partial charge in [-0.25, -0.2) is 9.97 Å². The molecule has 1 aliphatic carbocycles. The van der Waals surface area contributed by atoms with Gasteiger partial charge in [0.15, 0.2) is 5.16 Å². The normalized spacial score (nSPS) is 14.1. The van der Waals surface area contributed by atoms with Gasteiger partial charge >= 0.3 is 5.97 Å². The standard InChI is InChI=1S/C15H18N2O2S3/c1-3-19-11(18)8-21-13-12-9-6-4-5-7-10(9)22-14(12)17-15(16-13)20-2/h3-8H2,1-2H3. The summed E-state index contributed by atoms with van der Waals surface area (Å²) >= 11 is 4.81. The molecule has 0 aromatic carbocycles. The van der Waals surface area contributed by atoms with Crippen LogP contribution >= 0.6 is 34.9 Å². The van der Waals surface area contributed by atoms with Crippen molar-refractivity contribution >= 4 is 51.0 Å². The van der Waals surface area contributed by atoms with Crippen molar-refractivity contribution in [2.45, 2.75) is 42.8 Å². The van der Waals surface area contributed by atoms with Gasteiger partial charge in [-0.05, 0) is 44.4 Å². The molecule has 0 N–H and O–H groups in total. The fraction of sp³-hybridized carbons (Fsp3) is 0.533. The highest BCUT2D eigenvalue weighted by atomic mass is 32.2. The van der Waals surface area contributed by atoms with E-state index in [0.717, 1.165) is 27.9 Å². The van der Waals surface area contributed by atoms with E-state index in [0.29, 0.717) is 12.4 Å². The minimum absolute atomic E-state index is 0.186. The van der Waals surface area contributed by atoms with Crippen LogP contribution in [0, 0.1) is 0 Å². The zero-order chi connectivity index (χ0) is 15.5. The quantitative estimate of drug-likeness (QED) is 0.351. The highest BCUT2D eigenvalue weighted by Gasteiger charge is 2.21. The summed E-state index contributed by atoms with van der Waals surface area (Å²) in [5.74, 6) is 0.118. The van der Waals surface area contributed by atoms with E-state index in [1.807, 2.05) is 13.2 Å². The Bertz CT molecular complexity index is 700. The Kier molecular flexibility index (Phi) is 5.25. The molecule has 7 heteroatoms. The van der Waals surface area contributed by atoms with Gasteiger partial charge in [0.2, 0.25) is 0 Å². The smallest absolute Gasteiger partial charge is 0.316 e. The van der Waals surface area contributed by atoms with Crippen molar-refractivity contribution in [3.8, 4) is 0 Å². The van der Waals surface area contributed by atoms with Gasteiger partial charge in [0.1, 0.15) is 9.86 Å². The van der Waals surface area contributed by atoms with Crippen LogP contribution in [0.4, 0.5) is 0 Å². The number of thioether (sulfide) groups is 2. The predicted octanol–water partition coefficient (Wildman–Crippen LogP) is 3.95. The average molecular weight is 355 g/mol. The molecule has 0 radical (unpaired) electrons. The number of ether oxygens (including phenoxy) is 1. The Labute approximate surface area is 142 Å². The molecule has 2 aromatic rings. The molecule has 4 nitrogen and oxygen atoms in total. The summed E-state index contributed by atoms with van der Waals surface area (Å²) in [6.07, 6.45) is 6.71. The van der Waals surface area contributed by atoms with Crippen LogP contribution in [-0.2, 0) is 22.4 Å². The number of rotatable bonds is 5. The van der Waals surface area contributed by atoms with E-state index >= 15 is 0 Å². The lowest BCUT2D eigenvalue weighted by molar-refractivity contribution is -0.139. The number of fused-ring (bicyclic) bond motifs is 3. The van der Waals surface area contributed by atoms with Crippen LogP contribution in [0.1, 0.15) is 30.2 Å². The molecule has 0 aliphatic heterocycles. The van der Waals surface area contributed by atoms with Crippen molar-refractivity contribution in [3.63, 3.8) is 0 Å². The maximum absolute atomic E-state index is 11.6. The van der Waals surface area contributed by atoms with Crippen LogP contribution in [0.5, 0.6) is 0 Å². The summed E-state index contributed by atoms with van der Waals surface area (Å²) in [4.78, 5) is 23.5. The first-order chi connectivity index (χ1) is 10.7. The predicted molar refractivity (Wildman–Crippen MR) is 93.2 cm³/mol. The number of nitrogens with zero attached hydrogens (tertiary/aromatic N) is 2. The summed E-state index contributed by atoms with van der Waals surface area (Å²) < 4.78 is 5.02. The first-order valence-electron chi connectivity index (χ1n) is 7.37. The van der Waals surface area contributed by atoms with Crippen molar-refractivity contribution in [1.29, 1.82) is 0 Å². The lowest BCUT2D eigenvalue weighted by Crippen LogP contribution is -2.07. The summed E-state index contributed by atoms with van der Waals surface area (Å²) in [6.45, 7) is 2.25. The van der Waals surface area contributed by atoms with Crippen LogP contribution in [-0.4, -0.2) is 34.6 Å². The molecular formula is C15H18N2O2S3. The molecule has 0 saturated carbocycles. The third-order valence-corrected chi connectivity index (χ3v) is 6.26. The molecule has 2 aromatic heterocycles. The topological polar surface area (TPSA) is 52.1 Å². The number of aromatic nitrogens is 2. The molecule has 0 saturated heterocycles. The Morgan fingerprint density at radius 2 is 2.14 bits per heavy atom. The van der Waals surface area contributed by atoms with Gasteiger partial charge in [-0.15, -0.1) is 11.3 Å². The Balaban J connectivity index is 1.98. The Hall–Kier alpha value is -0.790. The minimum Gasteiger partial charge on any atom is -0.465 e. The largest absolute Gasteiger partial charge is 0.465 e. The van der Waals surface area contributed by atoms with Crippen molar-refractivity contribution in [2.24, 2.45) is 0 Å². The van der Waals surface area contributed by atoms with E-state index in [4.69, 9.17) is 4.74 Å². The molecule has 0 atom stereocenters. The number of aryl methyl sites for hydroxylation is 2. The van der Waals surface area contributed by atoms with Gasteiger partial charge in [0, 0.05) is 10.3 Å². The average Bonchev–Trinajstić information content (AvgIpc) is 2.91. The van der Waals surface area contributed by atoms with Crippen molar-refractivity contribution < 1.29 is 9.53 Å².